The van der Waals surface area contributed by atoms with Crippen molar-refractivity contribution in [2.75, 3.05) is 7.11 Å². The van der Waals surface area contributed by atoms with Crippen molar-refractivity contribution < 1.29 is 4.74 Å². The minimum atomic E-state index is 0.865. The zero-order valence-corrected chi connectivity index (χ0v) is 9.66. The number of nitrogens with zero attached hydrogens (tertiary/aromatic N) is 1. The predicted molar refractivity (Wildman–Crippen MR) is 63.8 cm³/mol. The summed E-state index contributed by atoms with van der Waals surface area (Å²) in [5.41, 5.74) is 3.64. The summed E-state index contributed by atoms with van der Waals surface area (Å²) in [5, 5.41) is 7.10. The molecule has 0 aliphatic heterocycles. The van der Waals surface area contributed by atoms with Crippen molar-refractivity contribution in [3.63, 3.8) is 0 Å². The fraction of sp³-hybridized carbons (Fsp3) is 0.308. The monoisotopic (exact) mass is 216 g/mol. The molecule has 0 radical (unpaired) electrons. The molecule has 1 heterocycles. The van der Waals surface area contributed by atoms with E-state index in [1.807, 2.05) is 24.4 Å². The Kier molecular flexibility index (Phi) is 3.25. The van der Waals surface area contributed by atoms with Gasteiger partial charge in [0.25, 0.3) is 0 Å². The standard InChI is InChI=1S/C13H16N2O/c1-3-12-11(9-14-15-12)8-10-6-4-5-7-13(10)16-2/h4-7,9H,3,8H2,1-2H3,(H,14,15). The third-order valence-electron chi connectivity index (χ3n) is 2.73. The summed E-state index contributed by atoms with van der Waals surface area (Å²) in [6.07, 6.45) is 3.74. The molecule has 0 saturated carbocycles. The first-order valence-electron chi connectivity index (χ1n) is 5.48. The van der Waals surface area contributed by atoms with E-state index >= 15 is 0 Å². The van der Waals surface area contributed by atoms with Gasteiger partial charge in [-0.25, -0.2) is 0 Å². The minimum Gasteiger partial charge on any atom is -0.496 e. The molecule has 0 saturated heterocycles. The van der Waals surface area contributed by atoms with E-state index in [0.717, 1.165) is 18.6 Å². The van der Waals surface area contributed by atoms with Gasteiger partial charge in [0.2, 0.25) is 0 Å². The van der Waals surface area contributed by atoms with Gasteiger partial charge in [0, 0.05) is 12.1 Å². The van der Waals surface area contributed by atoms with E-state index in [-0.39, 0.29) is 0 Å². The van der Waals surface area contributed by atoms with Crippen LogP contribution in [0.25, 0.3) is 0 Å². The van der Waals surface area contributed by atoms with Gasteiger partial charge in [-0.15, -0.1) is 0 Å². The molecule has 0 spiro atoms. The van der Waals surface area contributed by atoms with E-state index in [4.69, 9.17) is 4.74 Å². The topological polar surface area (TPSA) is 37.9 Å². The molecule has 1 aromatic carbocycles. The second kappa shape index (κ2) is 4.84. The van der Waals surface area contributed by atoms with Crippen molar-refractivity contribution in [3.05, 3.63) is 47.3 Å². The van der Waals surface area contributed by atoms with Crippen LogP contribution < -0.4 is 4.74 Å². The smallest absolute Gasteiger partial charge is 0.122 e. The quantitative estimate of drug-likeness (QED) is 0.853. The second-order valence-electron chi connectivity index (χ2n) is 3.72. The van der Waals surface area contributed by atoms with Gasteiger partial charge >= 0.3 is 0 Å². The number of nitrogens with one attached hydrogen (secondary N) is 1. The van der Waals surface area contributed by atoms with Crippen LogP contribution in [0.4, 0.5) is 0 Å². The molecule has 0 amide bonds. The van der Waals surface area contributed by atoms with E-state index in [9.17, 15) is 0 Å². The molecule has 0 fully saturated rings. The summed E-state index contributed by atoms with van der Waals surface area (Å²) in [4.78, 5) is 0. The normalized spacial score (nSPS) is 10.4. The molecule has 0 aliphatic rings. The van der Waals surface area contributed by atoms with Crippen LogP contribution in [0.15, 0.2) is 30.5 Å². The van der Waals surface area contributed by atoms with Gasteiger partial charge in [0.15, 0.2) is 0 Å². The van der Waals surface area contributed by atoms with Gasteiger partial charge in [-0.2, -0.15) is 5.10 Å². The average molecular weight is 216 g/mol. The summed E-state index contributed by atoms with van der Waals surface area (Å²) in [7, 11) is 1.70. The van der Waals surface area contributed by atoms with Gasteiger partial charge in [-0.1, -0.05) is 25.1 Å². The van der Waals surface area contributed by atoms with Crippen molar-refractivity contribution in [1.29, 1.82) is 0 Å². The predicted octanol–water partition coefficient (Wildman–Crippen LogP) is 2.57. The second-order valence-corrected chi connectivity index (χ2v) is 3.72. The lowest BCUT2D eigenvalue weighted by Crippen LogP contribution is -1.95. The number of aromatic nitrogens is 2. The van der Waals surface area contributed by atoms with Crippen molar-refractivity contribution in [3.8, 4) is 5.75 Å². The number of ether oxygens (including phenoxy) is 1. The molecule has 0 unspecified atom stereocenters. The van der Waals surface area contributed by atoms with Crippen molar-refractivity contribution in [2.45, 2.75) is 19.8 Å². The fourth-order valence-corrected chi connectivity index (χ4v) is 1.85. The number of aromatic amines is 1. The van der Waals surface area contributed by atoms with Crippen LogP contribution in [-0.2, 0) is 12.8 Å². The third-order valence-corrected chi connectivity index (χ3v) is 2.73. The third kappa shape index (κ3) is 2.08. The highest BCUT2D eigenvalue weighted by atomic mass is 16.5. The minimum absolute atomic E-state index is 0.865. The highest BCUT2D eigenvalue weighted by Crippen LogP contribution is 2.21. The van der Waals surface area contributed by atoms with Gasteiger partial charge < -0.3 is 4.74 Å². The number of methoxy groups -OCH3 is 1. The zero-order valence-electron chi connectivity index (χ0n) is 9.66. The van der Waals surface area contributed by atoms with Crippen LogP contribution >= 0.6 is 0 Å². The lowest BCUT2D eigenvalue weighted by Gasteiger charge is -2.07. The molecule has 84 valence electrons. The Labute approximate surface area is 95.5 Å². The largest absolute Gasteiger partial charge is 0.496 e. The summed E-state index contributed by atoms with van der Waals surface area (Å²) in [5.74, 6) is 0.936. The molecule has 3 heteroatoms. The Hall–Kier alpha value is -1.77. The van der Waals surface area contributed by atoms with Crippen LogP contribution in [0.1, 0.15) is 23.7 Å². The van der Waals surface area contributed by atoms with E-state index < -0.39 is 0 Å². The van der Waals surface area contributed by atoms with Crippen LogP contribution in [0.2, 0.25) is 0 Å². The maximum Gasteiger partial charge on any atom is 0.122 e. The molecule has 0 aliphatic carbocycles. The van der Waals surface area contributed by atoms with Crippen molar-refractivity contribution in [1.82, 2.24) is 10.2 Å². The molecular formula is C13H16N2O. The molecule has 0 atom stereocenters. The summed E-state index contributed by atoms with van der Waals surface area (Å²) in [6, 6.07) is 8.09. The summed E-state index contributed by atoms with van der Waals surface area (Å²) >= 11 is 0. The molecule has 0 bridgehead atoms. The molecule has 1 aromatic heterocycles. The molecule has 2 aromatic rings. The maximum absolute atomic E-state index is 5.34. The van der Waals surface area contributed by atoms with Crippen LogP contribution in [0.5, 0.6) is 5.75 Å². The van der Waals surface area contributed by atoms with Crippen LogP contribution in [-0.4, -0.2) is 17.3 Å². The van der Waals surface area contributed by atoms with Crippen molar-refractivity contribution >= 4 is 0 Å². The van der Waals surface area contributed by atoms with Gasteiger partial charge in [0.05, 0.1) is 13.3 Å². The molecular weight excluding hydrogens is 200 g/mol. The highest BCUT2D eigenvalue weighted by molar-refractivity contribution is 5.37. The molecule has 2 rings (SSSR count). The van der Waals surface area contributed by atoms with Crippen molar-refractivity contribution in [2.24, 2.45) is 0 Å². The number of hydrogen-bond acceptors (Lipinski definition) is 2. The Bertz CT molecular complexity index is 462. The number of aryl methyl sites for hydroxylation is 1. The molecule has 1 N–H and O–H groups in total. The van der Waals surface area contributed by atoms with E-state index in [1.165, 1.54) is 16.8 Å². The number of para-hydroxylation sites is 1. The van der Waals surface area contributed by atoms with E-state index in [1.54, 1.807) is 7.11 Å². The highest BCUT2D eigenvalue weighted by Gasteiger charge is 2.07. The summed E-state index contributed by atoms with van der Waals surface area (Å²) < 4.78 is 5.34. The number of hydrogen-bond donors (Lipinski definition) is 1. The van der Waals surface area contributed by atoms with E-state index in [0.29, 0.717) is 0 Å². The van der Waals surface area contributed by atoms with Crippen LogP contribution in [0.3, 0.4) is 0 Å². The Morgan fingerprint density at radius 2 is 2.06 bits per heavy atom. The van der Waals surface area contributed by atoms with Gasteiger partial charge in [0.1, 0.15) is 5.75 Å². The zero-order chi connectivity index (χ0) is 11.4. The van der Waals surface area contributed by atoms with Crippen LogP contribution in [0, 0.1) is 0 Å². The first-order valence-corrected chi connectivity index (χ1v) is 5.48. The lowest BCUT2D eigenvalue weighted by molar-refractivity contribution is 0.410. The first kappa shape index (κ1) is 10.7. The Balaban J connectivity index is 2.26. The van der Waals surface area contributed by atoms with Gasteiger partial charge in [-0.3, -0.25) is 5.10 Å². The lowest BCUT2D eigenvalue weighted by atomic mass is 10.0. The average Bonchev–Trinajstić information content (AvgIpc) is 2.77. The number of H-pyrrole nitrogens is 1. The maximum atomic E-state index is 5.34. The fourth-order valence-electron chi connectivity index (χ4n) is 1.85. The Morgan fingerprint density at radius 1 is 1.25 bits per heavy atom. The SMILES string of the molecule is CCc1[nH]ncc1Cc1ccccc1OC. The number of rotatable bonds is 4. The van der Waals surface area contributed by atoms with Gasteiger partial charge in [-0.05, 0) is 23.6 Å². The molecule has 3 nitrogen and oxygen atoms in total. The summed E-state index contributed by atoms with van der Waals surface area (Å²) in [6.45, 7) is 2.12. The number of benzene rings is 1. The van der Waals surface area contributed by atoms with E-state index in [2.05, 4.69) is 23.2 Å². The Morgan fingerprint density at radius 3 is 2.81 bits per heavy atom. The first-order chi connectivity index (χ1) is 7.85. The molecule has 16 heavy (non-hydrogen) atoms.